The van der Waals surface area contributed by atoms with E-state index in [1.165, 1.54) is 12.1 Å². The Morgan fingerprint density at radius 2 is 2.00 bits per heavy atom. The third kappa shape index (κ3) is 3.83. The van der Waals surface area contributed by atoms with Gasteiger partial charge < -0.3 is 5.11 Å². The molecule has 0 radical (unpaired) electrons. The van der Waals surface area contributed by atoms with Crippen LogP contribution in [-0.4, -0.2) is 16.8 Å². The third-order valence-electron chi connectivity index (χ3n) is 3.64. The minimum Gasteiger partial charge on any atom is -0.478 e. The maximum absolute atomic E-state index is 10.8. The summed E-state index contributed by atoms with van der Waals surface area (Å²) in [4.78, 5) is 10.8. The number of benzene rings is 1. The Bertz CT molecular complexity index is 518. The Kier molecular flexibility index (Phi) is 4.12. The number of carbonyl (C=O) groups is 1. The number of aromatic carboxylic acids is 1. The zero-order valence-corrected chi connectivity index (χ0v) is 12.3. The van der Waals surface area contributed by atoms with E-state index in [9.17, 15) is 4.79 Å². The zero-order chi connectivity index (χ0) is 14.8. The van der Waals surface area contributed by atoms with Gasteiger partial charge in [-0.25, -0.2) is 4.79 Å². The van der Waals surface area contributed by atoms with Crippen LogP contribution < -0.4 is 5.43 Å². The molecule has 4 heteroatoms. The highest BCUT2D eigenvalue weighted by molar-refractivity contribution is 5.88. The topological polar surface area (TPSA) is 61.7 Å². The maximum Gasteiger partial charge on any atom is 0.335 e. The van der Waals surface area contributed by atoms with Crippen LogP contribution in [0.4, 0.5) is 5.69 Å². The molecule has 1 aromatic carbocycles. The monoisotopic (exact) mass is 274 g/mol. The van der Waals surface area contributed by atoms with E-state index in [4.69, 9.17) is 5.11 Å². The van der Waals surface area contributed by atoms with Crippen molar-refractivity contribution in [3.05, 3.63) is 29.8 Å². The van der Waals surface area contributed by atoms with Crippen LogP contribution in [0.5, 0.6) is 0 Å². The lowest BCUT2D eigenvalue weighted by atomic mass is 9.72. The molecule has 20 heavy (non-hydrogen) atoms. The van der Waals surface area contributed by atoms with Gasteiger partial charge in [0.05, 0.1) is 11.3 Å². The number of carboxylic acid groups (broad SMARTS) is 1. The predicted molar refractivity (Wildman–Crippen MR) is 81.3 cm³/mol. The van der Waals surface area contributed by atoms with E-state index < -0.39 is 5.97 Å². The van der Waals surface area contributed by atoms with Crippen molar-refractivity contribution in [1.29, 1.82) is 0 Å². The number of hydrogen-bond acceptors (Lipinski definition) is 3. The van der Waals surface area contributed by atoms with Crippen molar-refractivity contribution < 1.29 is 9.90 Å². The van der Waals surface area contributed by atoms with E-state index in [0.29, 0.717) is 11.3 Å². The van der Waals surface area contributed by atoms with Gasteiger partial charge in [-0.15, -0.1) is 0 Å². The van der Waals surface area contributed by atoms with E-state index in [1.54, 1.807) is 24.3 Å². The molecule has 0 spiro atoms. The number of anilines is 1. The molecule has 1 aliphatic rings. The highest BCUT2D eigenvalue weighted by Gasteiger charge is 2.29. The Hall–Kier alpha value is -1.84. The smallest absolute Gasteiger partial charge is 0.335 e. The summed E-state index contributed by atoms with van der Waals surface area (Å²) in [6.07, 6.45) is 3.28. The number of rotatable bonds is 3. The lowest BCUT2D eigenvalue weighted by Gasteiger charge is -2.34. The van der Waals surface area contributed by atoms with Gasteiger partial charge in [0.15, 0.2) is 0 Å². The molecule has 0 aliphatic heterocycles. The van der Waals surface area contributed by atoms with Crippen LogP contribution in [0.3, 0.4) is 0 Å². The summed E-state index contributed by atoms with van der Waals surface area (Å²) < 4.78 is 0. The van der Waals surface area contributed by atoms with Crippen LogP contribution in [0.25, 0.3) is 0 Å². The van der Waals surface area contributed by atoms with Gasteiger partial charge in [0.25, 0.3) is 0 Å². The normalized spacial score (nSPS) is 23.6. The molecule has 0 aromatic heterocycles. The third-order valence-corrected chi connectivity index (χ3v) is 3.64. The molecule has 0 heterocycles. The molecule has 0 unspecified atom stereocenters. The first-order valence-corrected chi connectivity index (χ1v) is 7.00. The molecule has 1 aliphatic carbocycles. The summed E-state index contributed by atoms with van der Waals surface area (Å²) in [5.74, 6) is -0.251. The average molecular weight is 274 g/mol. The number of nitrogens with one attached hydrogen (secondary N) is 1. The highest BCUT2D eigenvalue weighted by atomic mass is 16.4. The standard InChI is InChI=1S/C16H22N2O2/c1-11-8-14(10-16(2,3)9-11)18-17-13-6-4-12(5-7-13)15(19)20/h4-7,11,17H,8-10H2,1-3H3,(H,19,20)/b18-14-/t11-/m0/s1. The van der Waals surface area contributed by atoms with Crippen molar-refractivity contribution in [2.45, 2.75) is 40.0 Å². The van der Waals surface area contributed by atoms with Gasteiger partial charge >= 0.3 is 5.97 Å². The van der Waals surface area contributed by atoms with Crippen LogP contribution in [0.15, 0.2) is 29.4 Å². The fourth-order valence-electron chi connectivity index (χ4n) is 3.03. The molecule has 0 saturated heterocycles. The van der Waals surface area contributed by atoms with E-state index in [-0.39, 0.29) is 5.56 Å². The van der Waals surface area contributed by atoms with Crippen LogP contribution in [0.2, 0.25) is 0 Å². The number of hydrogen-bond donors (Lipinski definition) is 2. The van der Waals surface area contributed by atoms with Crippen molar-refractivity contribution >= 4 is 17.4 Å². The Morgan fingerprint density at radius 3 is 2.55 bits per heavy atom. The van der Waals surface area contributed by atoms with Gasteiger partial charge in [0.2, 0.25) is 0 Å². The molecular weight excluding hydrogens is 252 g/mol. The summed E-state index contributed by atoms with van der Waals surface area (Å²) >= 11 is 0. The molecule has 2 rings (SSSR count). The lowest BCUT2D eigenvalue weighted by Crippen LogP contribution is -2.28. The molecule has 108 valence electrons. The van der Waals surface area contributed by atoms with Crippen LogP contribution in [0.1, 0.15) is 50.4 Å². The van der Waals surface area contributed by atoms with Crippen LogP contribution in [0, 0.1) is 11.3 Å². The fraction of sp³-hybridized carbons (Fsp3) is 0.500. The quantitative estimate of drug-likeness (QED) is 0.819. The van der Waals surface area contributed by atoms with Gasteiger partial charge in [-0.1, -0.05) is 20.8 Å². The van der Waals surface area contributed by atoms with Gasteiger partial charge in [-0.2, -0.15) is 5.10 Å². The minimum absolute atomic E-state index is 0.288. The summed E-state index contributed by atoms with van der Waals surface area (Å²) in [5, 5.41) is 13.3. The summed E-state index contributed by atoms with van der Waals surface area (Å²) in [7, 11) is 0. The molecule has 1 saturated carbocycles. The predicted octanol–water partition coefficient (Wildman–Crippen LogP) is 4.00. The first-order valence-electron chi connectivity index (χ1n) is 7.00. The van der Waals surface area contributed by atoms with Crippen molar-refractivity contribution in [1.82, 2.24) is 0 Å². The number of nitrogens with zero attached hydrogens (tertiary/aromatic N) is 1. The fourth-order valence-corrected chi connectivity index (χ4v) is 3.03. The number of hydrazone groups is 1. The second-order valence-electron chi connectivity index (χ2n) is 6.53. The summed E-state index contributed by atoms with van der Waals surface area (Å²) in [6.45, 7) is 6.82. The van der Waals surface area contributed by atoms with Crippen molar-refractivity contribution in [2.24, 2.45) is 16.4 Å². The SMILES string of the molecule is C[C@H]1C/C(=N/Nc2ccc(C(=O)O)cc2)CC(C)(C)C1. The van der Waals surface area contributed by atoms with Crippen LogP contribution >= 0.6 is 0 Å². The molecule has 4 nitrogen and oxygen atoms in total. The van der Waals surface area contributed by atoms with Crippen molar-refractivity contribution in [3.63, 3.8) is 0 Å². The Morgan fingerprint density at radius 1 is 1.35 bits per heavy atom. The summed E-state index contributed by atoms with van der Waals surface area (Å²) in [5.41, 5.74) is 5.64. The highest BCUT2D eigenvalue weighted by Crippen LogP contribution is 2.37. The maximum atomic E-state index is 10.8. The van der Waals surface area contributed by atoms with Gasteiger partial charge in [-0.3, -0.25) is 5.43 Å². The molecule has 1 atom stereocenters. The first-order chi connectivity index (χ1) is 9.35. The molecule has 0 bridgehead atoms. The van der Waals surface area contributed by atoms with E-state index >= 15 is 0 Å². The zero-order valence-electron chi connectivity index (χ0n) is 12.3. The largest absolute Gasteiger partial charge is 0.478 e. The average Bonchev–Trinajstić information content (AvgIpc) is 2.34. The first kappa shape index (κ1) is 14.6. The van der Waals surface area contributed by atoms with E-state index in [1.807, 2.05) is 0 Å². The van der Waals surface area contributed by atoms with Crippen molar-refractivity contribution in [3.8, 4) is 0 Å². The second-order valence-corrected chi connectivity index (χ2v) is 6.53. The molecule has 0 amide bonds. The van der Waals surface area contributed by atoms with Crippen LogP contribution in [-0.2, 0) is 0 Å². The van der Waals surface area contributed by atoms with E-state index in [0.717, 1.165) is 18.5 Å². The van der Waals surface area contributed by atoms with Gasteiger partial charge in [0, 0.05) is 5.71 Å². The molecule has 1 fully saturated rings. The second kappa shape index (κ2) is 5.65. The Balaban J connectivity index is 2.03. The Labute approximate surface area is 119 Å². The summed E-state index contributed by atoms with van der Waals surface area (Å²) in [6, 6.07) is 6.65. The molecule has 2 N–H and O–H groups in total. The molecule has 1 aromatic rings. The van der Waals surface area contributed by atoms with Gasteiger partial charge in [0.1, 0.15) is 0 Å². The molecular formula is C16H22N2O2. The van der Waals surface area contributed by atoms with E-state index in [2.05, 4.69) is 31.3 Å². The number of carboxylic acids is 1. The lowest BCUT2D eigenvalue weighted by molar-refractivity contribution is 0.0697. The van der Waals surface area contributed by atoms with Crippen molar-refractivity contribution in [2.75, 3.05) is 5.43 Å². The van der Waals surface area contributed by atoms with Gasteiger partial charge in [-0.05, 0) is 54.9 Å². The minimum atomic E-state index is -0.911.